The molecule has 1 saturated heterocycles. The van der Waals surface area contributed by atoms with E-state index in [1.165, 1.54) is 0 Å². The minimum Gasteiger partial charge on any atom is -0.361 e. The van der Waals surface area contributed by atoms with Gasteiger partial charge < -0.3 is 14.7 Å². The van der Waals surface area contributed by atoms with Gasteiger partial charge in [-0.1, -0.05) is 5.16 Å². The number of likely N-dealkylation sites (tertiary alicyclic amines) is 1. The maximum Gasteiger partial charge on any atom is 0.276 e. The van der Waals surface area contributed by atoms with Gasteiger partial charge in [-0.2, -0.15) is 0 Å². The van der Waals surface area contributed by atoms with Crippen molar-refractivity contribution in [3.63, 3.8) is 0 Å². The van der Waals surface area contributed by atoms with Gasteiger partial charge >= 0.3 is 0 Å². The monoisotopic (exact) mass is 328 g/mol. The number of carbonyl (C=O) groups is 2. The zero-order valence-electron chi connectivity index (χ0n) is 13.6. The number of nitrogens with zero attached hydrogens (tertiary/aromatic N) is 3. The number of aromatic nitrogens is 2. The van der Waals surface area contributed by atoms with Gasteiger partial charge in [-0.25, -0.2) is 0 Å². The lowest BCUT2D eigenvalue weighted by molar-refractivity contribution is -0.126. The number of hydrogen-bond acceptors (Lipinski definition) is 5. The lowest BCUT2D eigenvalue weighted by Gasteiger charge is -2.34. The van der Waals surface area contributed by atoms with E-state index < -0.39 is 6.04 Å². The molecule has 1 unspecified atom stereocenters. The van der Waals surface area contributed by atoms with E-state index in [0.29, 0.717) is 25.3 Å². The predicted octanol–water partition coefficient (Wildman–Crippen LogP) is 1.69. The van der Waals surface area contributed by atoms with Crippen LogP contribution < -0.4 is 5.32 Å². The van der Waals surface area contributed by atoms with Crippen LogP contribution in [0.1, 0.15) is 41.1 Å². The molecule has 7 nitrogen and oxygen atoms in total. The van der Waals surface area contributed by atoms with Crippen LogP contribution in [-0.4, -0.2) is 39.4 Å². The van der Waals surface area contributed by atoms with E-state index in [9.17, 15) is 9.59 Å². The highest BCUT2D eigenvalue weighted by molar-refractivity contribution is 5.96. The first-order valence-electron chi connectivity index (χ1n) is 8.06. The van der Waals surface area contributed by atoms with Crippen molar-refractivity contribution in [3.05, 3.63) is 47.6 Å². The van der Waals surface area contributed by atoms with Crippen LogP contribution in [0.5, 0.6) is 0 Å². The van der Waals surface area contributed by atoms with Gasteiger partial charge in [0.25, 0.3) is 5.91 Å². The summed E-state index contributed by atoms with van der Waals surface area (Å²) in [7, 11) is 0. The van der Waals surface area contributed by atoms with Crippen molar-refractivity contribution in [1.82, 2.24) is 20.4 Å². The Hall–Kier alpha value is -2.70. The van der Waals surface area contributed by atoms with Gasteiger partial charge in [-0.3, -0.25) is 14.6 Å². The number of carbonyl (C=O) groups excluding carboxylic acids is 2. The molecule has 24 heavy (non-hydrogen) atoms. The second-order valence-electron chi connectivity index (χ2n) is 5.91. The Labute approximate surface area is 140 Å². The van der Waals surface area contributed by atoms with Crippen molar-refractivity contribution in [2.75, 3.05) is 6.54 Å². The topological polar surface area (TPSA) is 88.3 Å². The fourth-order valence-corrected chi connectivity index (χ4v) is 2.87. The Morgan fingerprint density at radius 2 is 2.12 bits per heavy atom. The molecule has 1 aliphatic heterocycles. The second-order valence-corrected chi connectivity index (χ2v) is 5.91. The molecular weight excluding hydrogens is 308 g/mol. The average Bonchev–Trinajstić information content (AvgIpc) is 3.06. The van der Waals surface area contributed by atoms with Crippen molar-refractivity contribution in [2.24, 2.45) is 0 Å². The molecule has 2 aromatic rings. The van der Waals surface area contributed by atoms with Crippen LogP contribution in [0, 0.1) is 6.92 Å². The third-order valence-corrected chi connectivity index (χ3v) is 4.13. The van der Waals surface area contributed by atoms with Crippen LogP contribution >= 0.6 is 0 Å². The quantitative estimate of drug-likeness (QED) is 0.922. The van der Waals surface area contributed by atoms with Gasteiger partial charge in [0, 0.05) is 31.5 Å². The number of piperidine rings is 1. The van der Waals surface area contributed by atoms with E-state index in [1.807, 2.05) is 12.1 Å². The molecule has 1 fully saturated rings. The molecule has 0 bridgehead atoms. The van der Waals surface area contributed by atoms with Crippen molar-refractivity contribution < 1.29 is 14.1 Å². The first-order valence-corrected chi connectivity index (χ1v) is 8.06. The molecule has 0 saturated carbocycles. The summed E-state index contributed by atoms with van der Waals surface area (Å²) in [6.07, 6.45) is 5.84. The Morgan fingerprint density at radius 3 is 2.83 bits per heavy atom. The van der Waals surface area contributed by atoms with Crippen LogP contribution in [0.4, 0.5) is 0 Å². The van der Waals surface area contributed by atoms with E-state index in [0.717, 1.165) is 18.4 Å². The Bertz CT molecular complexity index is 714. The number of rotatable bonds is 4. The average molecular weight is 328 g/mol. The van der Waals surface area contributed by atoms with Gasteiger partial charge in [0.05, 0.1) is 0 Å². The SMILES string of the molecule is Cc1cc(C(=O)N2CCCCC2C(=O)NCc2ccncc2)no1. The summed E-state index contributed by atoms with van der Waals surface area (Å²) in [6.45, 7) is 2.71. The standard InChI is InChI=1S/C17H20N4O3/c1-12-10-14(20-24-12)17(23)21-9-3-2-4-15(21)16(22)19-11-13-5-7-18-8-6-13/h5-8,10,15H,2-4,9,11H2,1H3,(H,19,22). The summed E-state index contributed by atoms with van der Waals surface area (Å²) >= 11 is 0. The van der Waals surface area contributed by atoms with Crippen LogP contribution in [0.25, 0.3) is 0 Å². The first kappa shape index (κ1) is 16.2. The summed E-state index contributed by atoms with van der Waals surface area (Å²) in [5.74, 6) is 0.185. The molecule has 2 aromatic heterocycles. The summed E-state index contributed by atoms with van der Waals surface area (Å²) in [5, 5.41) is 6.68. The zero-order chi connectivity index (χ0) is 16.9. The Balaban J connectivity index is 1.67. The lowest BCUT2D eigenvalue weighted by Crippen LogP contribution is -2.51. The second kappa shape index (κ2) is 7.25. The van der Waals surface area contributed by atoms with Crippen LogP contribution in [0.2, 0.25) is 0 Å². The van der Waals surface area contributed by atoms with Crippen molar-refractivity contribution >= 4 is 11.8 Å². The molecule has 0 spiro atoms. The van der Waals surface area contributed by atoms with Crippen LogP contribution in [0.3, 0.4) is 0 Å². The molecule has 0 aromatic carbocycles. The molecule has 3 heterocycles. The van der Waals surface area contributed by atoms with Gasteiger partial charge in [-0.15, -0.1) is 0 Å². The highest BCUT2D eigenvalue weighted by Gasteiger charge is 2.33. The van der Waals surface area contributed by atoms with Gasteiger partial charge in [0.2, 0.25) is 5.91 Å². The fraction of sp³-hybridized carbons (Fsp3) is 0.412. The van der Waals surface area contributed by atoms with E-state index in [-0.39, 0.29) is 17.5 Å². The van der Waals surface area contributed by atoms with E-state index in [2.05, 4.69) is 15.5 Å². The van der Waals surface area contributed by atoms with Gasteiger partial charge in [0.1, 0.15) is 11.8 Å². The predicted molar refractivity (Wildman–Crippen MR) is 86.0 cm³/mol. The minimum atomic E-state index is -0.468. The molecule has 7 heteroatoms. The third kappa shape index (κ3) is 3.61. The summed E-state index contributed by atoms with van der Waals surface area (Å²) in [4.78, 5) is 30.7. The van der Waals surface area contributed by atoms with Gasteiger partial charge in [0.15, 0.2) is 5.69 Å². The maximum absolute atomic E-state index is 12.6. The molecule has 1 aliphatic rings. The molecule has 2 amide bonds. The zero-order valence-corrected chi connectivity index (χ0v) is 13.6. The molecule has 3 rings (SSSR count). The highest BCUT2D eigenvalue weighted by atomic mass is 16.5. The van der Waals surface area contributed by atoms with Crippen LogP contribution in [0.15, 0.2) is 35.1 Å². The first-order chi connectivity index (χ1) is 11.6. The van der Waals surface area contributed by atoms with E-state index in [4.69, 9.17) is 4.52 Å². The molecule has 0 aliphatic carbocycles. The van der Waals surface area contributed by atoms with E-state index in [1.54, 1.807) is 30.3 Å². The third-order valence-electron chi connectivity index (χ3n) is 4.13. The molecular formula is C17H20N4O3. The number of pyridine rings is 1. The molecule has 126 valence electrons. The Morgan fingerprint density at radius 1 is 1.33 bits per heavy atom. The number of hydrogen-bond donors (Lipinski definition) is 1. The summed E-state index contributed by atoms with van der Waals surface area (Å²) < 4.78 is 4.97. The normalized spacial score (nSPS) is 17.5. The smallest absolute Gasteiger partial charge is 0.276 e. The number of nitrogens with one attached hydrogen (secondary N) is 1. The molecule has 0 radical (unpaired) electrons. The van der Waals surface area contributed by atoms with E-state index >= 15 is 0 Å². The van der Waals surface area contributed by atoms with Gasteiger partial charge in [-0.05, 0) is 43.9 Å². The maximum atomic E-state index is 12.6. The van der Waals surface area contributed by atoms with Crippen molar-refractivity contribution in [2.45, 2.75) is 38.8 Å². The minimum absolute atomic E-state index is 0.139. The number of amides is 2. The summed E-state index contributed by atoms with van der Waals surface area (Å²) in [5.41, 5.74) is 1.22. The van der Waals surface area contributed by atoms with Crippen molar-refractivity contribution in [3.8, 4) is 0 Å². The molecule has 1 N–H and O–H groups in total. The number of aryl methyl sites for hydroxylation is 1. The Kier molecular flexibility index (Phi) is 4.88. The fourth-order valence-electron chi connectivity index (χ4n) is 2.87. The largest absolute Gasteiger partial charge is 0.361 e. The molecule has 1 atom stereocenters. The lowest BCUT2D eigenvalue weighted by atomic mass is 10.0. The highest BCUT2D eigenvalue weighted by Crippen LogP contribution is 2.20. The van der Waals surface area contributed by atoms with Crippen LogP contribution in [-0.2, 0) is 11.3 Å². The van der Waals surface area contributed by atoms with Crippen molar-refractivity contribution in [1.29, 1.82) is 0 Å². The summed E-state index contributed by atoms with van der Waals surface area (Å²) in [6, 6.07) is 4.83.